The molecule has 0 aliphatic heterocycles. The van der Waals surface area contributed by atoms with Gasteiger partial charge in [0.25, 0.3) is 0 Å². The van der Waals surface area contributed by atoms with E-state index < -0.39 is 28.5 Å². The molecule has 0 spiro atoms. The molecule has 0 bridgehead atoms. The van der Waals surface area contributed by atoms with Gasteiger partial charge in [-0.2, -0.15) is 0 Å². The smallest absolute Gasteiger partial charge is 0.244 e. The maximum absolute atomic E-state index is 13.5. The topological polar surface area (TPSA) is 86.8 Å². The Kier molecular flexibility index (Phi) is 10.2. The lowest BCUT2D eigenvalue weighted by atomic mass is 10.1. The van der Waals surface area contributed by atoms with E-state index in [4.69, 9.17) is 23.2 Å². The molecule has 2 aromatic rings. The third-order valence-corrected chi connectivity index (χ3v) is 6.77. The summed E-state index contributed by atoms with van der Waals surface area (Å²) in [5, 5.41) is 3.88. The first-order valence-corrected chi connectivity index (χ1v) is 13.6. The molecule has 0 aliphatic rings. The van der Waals surface area contributed by atoms with Gasteiger partial charge in [-0.05, 0) is 54.3 Å². The van der Waals surface area contributed by atoms with Gasteiger partial charge in [-0.1, -0.05) is 56.1 Å². The zero-order valence-electron chi connectivity index (χ0n) is 19.8. The number of nitrogens with one attached hydrogen (secondary N) is 1. The van der Waals surface area contributed by atoms with Crippen molar-refractivity contribution >= 4 is 50.7 Å². The number of amides is 2. The van der Waals surface area contributed by atoms with Crippen molar-refractivity contribution in [2.75, 3.05) is 23.7 Å². The maximum Gasteiger partial charge on any atom is 0.244 e. The molecule has 1 N–H and O–H groups in total. The normalized spacial score (nSPS) is 12.3. The molecule has 0 unspecified atom stereocenters. The minimum Gasteiger partial charge on any atom is -0.354 e. The van der Waals surface area contributed by atoms with E-state index in [0.717, 1.165) is 16.1 Å². The number of rotatable bonds is 11. The van der Waals surface area contributed by atoms with Gasteiger partial charge in [0, 0.05) is 23.1 Å². The van der Waals surface area contributed by atoms with Crippen molar-refractivity contribution < 1.29 is 18.0 Å². The van der Waals surface area contributed by atoms with E-state index in [1.807, 2.05) is 20.8 Å². The lowest BCUT2D eigenvalue weighted by Gasteiger charge is -2.33. The van der Waals surface area contributed by atoms with Gasteiger partial charge in [-0.25, -0.2) is 8.42 Å². The summed E-state index contributed by atoms with van der Waals surface area (Å²) in [5.74, 6) is -0.537. The van der Waals surface area contributed by atoms with E-state index in [9.17, 15) is 18.0 Å². The van der Waals surface area contributed by atoms with Gasteiger partial charge in [0.2, 0.25) is 21.8 Å². The van der Waals surface area contributed by atoms with Crippen LogP contribution in [0.2, 0.25) is 10.0 Å². The molecule has 0 aliphatic carbocycles. The highest BCUT2D eigenvalue weighted by molar-refractivity contribution is 7.92. The lowest BCUT2D eigenvalue weighted by molar-refractivity contribution is -0.140. The molecule has 7 nitrogen and oxygen atoms in total. The molecule has 1 atom stereocenters. The van der Waals surface area contributed by atoms with Crippen LogP contribution in [0.15, 0.2) is 48.5 Å². The van der Waals surface area contributed by atoms with E-state index in [0.29, 0.717) is 28.7 Å². The van der Waals surface area contributed by atoms with E-state index in [-0.39, 0.29) is 18.4 Å². The van der Waals surface area contributed by atoms with Gasteiger partial charge in [0.1, 0.15) is 12.6 Å². The van der Waals surface area contributed by atoms with Gasteiger partial charge >= 0.3 is 0 Å². The molecule has 0 fully saturated rings. The number of nitrogens with zero attached hydrogens (tertiary/aromatic N) is 2. The monoisotopic (exact) mass is 527 g/mol. The number of halogens is 2. The second-order valence-corrected chi connectivity index (χ2v) is 11.2. The fourth-order valence-corrected chi connectivity index (χ4v) is 4.45. The van der Waals surface area contributed by atoms with Crippen LogP contribution >= 0.6 is 23.2 Å². The maximum atomic E-state index is 13.5. The van der Waals surface area contributed by atoms with Gasteiger partial charge in [0.15, 0.2) is 0 Å². The fourth-order valence-electron chi connectivity index (χ4n) is 3.35. The number of anilines is 1. The van der Waals surface area contributed by atoms with E-state index >= 15 is 0 Å². The summed E-state index contributed by atoms with van der Waals surface area (Å²) in [6, 6.07) is 12.4. The molecule has 0 radical (unpaired) electrons. The Labute approximate surface area is 212 Å². The van der Waals surface area contributed by atoms with Crippen LogP contribution in [-0.2, 0) is 26.2 Å². The first kappa shape index (κ1) is 28.0. The van der Waals surface area contributed by atoms with Crippen molar-refractivity contribution in [1.82, 2.24) is 10.2 Å². The van der Waals surface area contributed by atoms with Crippen LogP contribution in [0.1, 0.15) is 32.8 Å². The fraction of sp³-hybridized carbons (Fsp3) is 0.417. The van der Waals surface area contributed by atoms with Gasteiger partial charge in [-0.15, -0.1) is 0 Å². The average molecular weight is 529 g/mol. The predicted molar refractivity (Wildman–Crippen MR) is 138 cm³/mol. The molecule has 2 rings (SSSR count). The van der Waals surface area contributed by atoms with Crippen molar-refractivity contribution in [2.45, 2.75) is 39.8 Å². The molecular formula is C24H31Cl2N3O4S. The van der Waals surface area contributed by atoms with Gasteiger partial charge in [-0.3, -0.25) is 13.9 Å². The minimum atomic E-state index is -3.79. The summed E-state index contributed by atoms with van der Waals surface area (Å²) >= 11 is 11.9. The molecular weight excluding hydrogens is 497 g/mol. The van der Waals surface area contributed by atoms with Crippen LogP contribution in [0, 0.1) is 5.92 Å². The van der Waals surface area contributed by atoms with Crippen molar-refractivity contribution in [3.63, 3.8) is 0 Å². The van der Waals surface area contributed by atoms with Crippen LogP contribution in [0.3, 0.4) is 0 Å². The predicted octanol–water partition coefficient (Wildman–Crippen LogP) is 4.34. The van der Waals surface area contributed by atoms with Crippen LogP contribution in [0.25, 0.3) is 0 Å². The zero-order chi connectivity index (χ0) is 25.5. The number of carbonyl (C=O) groups is 2. The van der Waals surface area contributed by atoms with Crippen molar-refractivity contribution in [3.05, 3.63) is 64.1 Å². The molecule has 186 valence electrons. The summed E-state index contributed by atoms with van der Waals surface area (Å²) < 4.78 is 26.1. The summed E-state index contributed by atoms with van der Waals surface area (Å²) in [4.78, 5) is 28.0. The largest absolute Gasteiger partial charge is 0.354 e. The molecule has 10 heteroatoms. The molecule has 2 aromatic carbocycles. The molecule has 0 saturated heterocycles. The first-order valence-electron chi connectivity index (χ1n) is 11.0. The summed E-state index contributed by atoms with van der Waals surface area (Å²) in [5.41, 5.74) is 1.08. The molecule has 0 aromatic heterocycles. The molecule has 0 heterocycles. The SMILES string of the molecule is CC[C@@H](C(=O)NCC(C)C)N(Cc1ccc(Cl)cc1)C(=O)CN(c1ccc(Cl)cc1)S(C)(=O)=O. The van der Waals surface area contributed by atoms with E-state index in [1.165, 1.54) is 17.0 Å². The van der Waals surface area contributed by atoms with Crippen LogP contribution in [-0.4, -0.2) is 50.5 Å². The highest BCUT2D eigenvalue weighted by Crippen LogP contribution is 2.22. The Bertz CT molecular complexity index is 1070. The number of sulfonamides is 1. The molecule has 0 saturated carbocycles. The number of hydrogen-bond donors (Lipinski definition) is 1. The van der Waals surface area contributed by atoms with E-state index in [1.54, 1.807) is 36.4 Å². The standard InChI is InChI=1S/C24H31Cl2N3O4S/c1-5-22(24(31)27-14-17(2)3)28(15-18-6-8-19(25)9-7-18)23(30)16-29(34(4,32)33)21-12-10-20(26)11-13-21/h6-13,17,22H,5,14-16H2,1-4H3,(H,27,31)/t22-/m0/s1. The lowest BCUT2D eigenvalue weighted by Crippen LogP contribution is -2.52. The van der Waals surface area contributed by atoms with E-state index in [2.05, 4.69) is 5.32 Å². The summed E-state index contributed by atoms with van der Waals surface area (Å²) in [6.45, 7) is 5.92. The van der Waals surface area contributed by atoms with Crippen molar-refractivity contribution in [3.8, 4) is 0 Å². The quantitative estimate of drug-likeness (QED) is 0.470. The van der Waals surface area contributed by atoms with Crippen molar-refractivity contribution in [2.24, 2.45) is 5.92 Å². The third kappa shape index (κ3) is 8.18. The first-order chi connectivity index (χ1) is 15.9. The van der Waals surface area contributed by atoms with Gasteiger partial charge in [0.05, 0.1) is 11.9 Å². The Morgan fingerprint density at radius 2 is 1.50 bits per heavy atom. The second kappa shape index (κ2) is 12.4. The summed E-state index contributed by atoms with van der Waals surface area (Å²) in [6.07, 6.45) is 1.40. The van der Waals surface area contributed by atoms with Crippen LogP contribution < -0.4 is 9.62 Å². The average Bonchev–Trinajstić information content (AvgIpc) is 2.77. The Hall–Kier alpha value is -2.29. The number of carbonyl (C=O) groups excluding carboxylic acids is 2. The highest BCUT2D eigenvalue weighted by Gasteiger charge is 2.31. The third-order valence-electron chi connectivity index (χ3n) is 5.13. The summed E-state index contributed by atoms with van der Waals surface area (Å²) in [7, 11) is -3.79. The van der Waals surface area contributed by atoms with Crippen LogP contribution in [0.4, 0.5) is 5.69 Å². The number of benzene rings is 2. The van der Waals surface area contributed by atoms with Gasteiger partial charge < -0.3 is 10.2 Å². The highest BCUT2D eigenvalue weighted by atomic mass is 35.5. The Morgan fingerprint density at radius 3 is 1.97 bits per heavy atom. The van der Waals surface area contributed by atoms with Crippen LogP contribution in [0.5, 0.6) is 0 Å². The molecule has 34 heavy (non-hydrogen) atoms. The second-order valence-electron chi connectivity index (χ2n) is 8.46. The Morgan fingerprint density at radius 1 is 0.971 bits per heavy atom. The number of hydrogen-bond acceptors (Lipinski definition) is 4. The zero-order valence-corrected chi connectivity index (χ0v) is 22.1. The van der Waals surface area contributed by atoms with Crippen molar-refractivity contribution in [1.29, 1.82) is 0 Å². The Balaban J connectivity index is 2.39. The molecule has 2 amide bonds. The minimum absolute atomic E-state index is 0.127.